The summed E-state index contributed by atoms with van der Waals surface area (Å²) in [7, 11) is 0. The van der Waals surface area contributed by atoms with E-state index in [9.17, 15) is 4.79 Å². The zero-order chi connectivity index (χ0) is 14.9. The molecule has 1 aliphatic heterocycles. The summed E-state index contributed by atoms with van der Waals surface area (Å²) >= 11 is 12.1. The third kappa shape index (κ3) is 3.57. The van der Waals surface area contributed by atoms with Gasteiger partial charge in [0.05, 0.1) is 22.3 Å². The third-order valence-electron chi connectivity index (χ3n) is 3.76. The van der Waals surface area contributed by atoms with Gasteiger partial charge in [-0.15, -0.1) is 0 Å². The number of carbonyl (C=O) groups is 1. The van der Waals surface area contributed by atoms with Crippen LogP contribution in [0, 0.1) is 11.8 Å². The highest BCUT2D eigenvalue weighted by atomic mass is 35.5. The zero-order valence-electron chi connectivity index (χ0n) is 11.6. The highest BCUT2D eigenvalue weighted by Crippen LogP contribution is 2.32. The number of anilines is 2. The Kier molecular flexibility index (Phi) is 4.78. The molecule has 0 bridgehead atoms. The molecule has 0 aromatic heterocycles. The molecule has 110 valence electrons. The van der Waals surface area contributed by atoms with Crippen LogP contribution in [0.4, 0.5) is 11.4 Å². The Labute approximate surface area is 129 Å². The molecule has 1 saturated heterocycles. The third-order valence-corrected chi connectivity index (χ3v) is 4.36. The molecule has 1 aromatic carbocycles. The molecule has 4 nitrogen and oxygen atoms in total. The number of nitrogens with two attached hydrogens (primary N) is 1. The van der Waals surface area contributed by atoms with Gasteiger partial charge in [0, 0.05) is 18.8 Å². The SMILES string of the molecule is CC1CN(CC(=O)Nc2c(Cl)cc(N)cc2Cl)CC1C. The summed E-state index contributed by atoms with van der Waals surface area (Å²) in [6, 6.07) is 3.14. The Morgan fingerprint density at radius 2 is 1.80 bits per heavy atom. The van der Waals surface area contributed by atoms with Crippen LogP contribution in [0.3, 0.4) is 0 Å². The molecule has 2 rings (SSSR count). The number of amides is 1. The fourth-order valence-electron chi connectivity index (χ4n) is 2.47. The topological polar surface area (TPSA) is 58.4 Å². The summed E-state index contributed by atoms with van der Waals surface area (Å²) in [6.45, 7) is 6.65. The minimum atomic E-state index is -0.111. The first-order valence-corrected chi connectivity index (χ1v) is 7.39. The van der Waals surface area contributed by atoms with Gasteiger partial charge in [-0.25, -0.2) is 0 Å². The maximum Gasteiger partial charge on any atom is 0.238 e. The average molecular weight is 316 g/mol. The average Bonchev–Trinajstić information content (AvgIpc) is 2.63. The van der Waals surface area contributed by atoms with Gasteiger partial charge in [-0.05, 0) is 24.0 Å². The maximum atomic E-state index is 12.1. The Hall–Kier alpha value is -0.970. The van der Waals surface area contributed by atoms with Gasteiger partial charge in [-0.3, -0.25) is 9.69 Å². The summed E-state index contributed by atoms with van der Waals surface area (Å²) in [5.41, 5.74) is 6.53. The number of halogens is 2. The molecule has 6 heteroatoms. The van der Waals surface area contributed by atoms with Gasteiger partial charge in [0.2, 0.25) is 5.91 Å². The van der Waals surface area contributed by atoms with Crippen molar-refractivity contribution in [2.75, 3.05) is 30.7 Å². The van der Waals surface area contributed by atoms with Gasteiger partial charge in [-0.2, -0.15) is 0 Å². The van der Waals surface area contributed by atoms with E-state index in [0.717, 1.165) is 13.1 Å². The lowest BCUT2D eigenvalue weighted by Crippen LogP contribution is -2.31. The molecule has 3 N–H and O–H groups in total. The molecule has 20 heavy (non-hydrogen) atoms. The smallest absolute Gasteiger partial charge is 0.238 e. The highest BCUT2D eigenvalue weighted by molar-refractivity contribution is 6.40. The van der Waals surface area contributed by atoms with Crippen LogP contribution in [-0.4, -0.2) is 30.4 Å². The number of nitrogen functional groups attached to an aromatic ring is 1. The molecule has 0 radical (unpaired) electrons. The molecule has 1 aromatic rings. The van der Waals surface area contributed by atoms with Gasteiger partial charge in [-0.1, -0.05) is 37.0 Å². The number of carbonyl (C=O) groups excluding carboxylic acids is 1. The summed E-state index contributed by atoms with van der Waals surface area (Å²) in [5.74, 6) is 1.12. The van der Waals surface area contributed by atoms with Crippen LogP contribution in [0.15, 0.2) is 12.1 Å². The number of hydrogen-bond acceptors (Lipinski definition) is 3. The number of rotatable bonds is 3. The normalized spacial score (nSPS) is 23.0. The second kappa shape index (κ2) is 6.20. The van der Waals surface area contributed by atoms with E-state index in [0.29, 0.717) is 39.8 Å². The number of nitrogens with one attached hydrogen (secondary N) is 1. The van der Waals surface area contributed by atoms with E-state index >= 15 is 0 Å². The quantitative estimate of drug-likeness (QED) is 0.843. The Balaban J connectivity index is 1.99. The van der Waals surface area contributed by atoms with E-state index in [-0.39, 0.29) is 5.91 Å². The molecule has 0 saturated carbocycles. The van der Waals surface area contributed by atoms with Gasteiger partial charge < -0.3 is 11.1 Å². The van der Waals surface area contributed by atoms with Crippen LogP contribution in [0.2, 0.25) is 10.0 Å². The molecule has 2 atom stereocenters. The van der Waals surface area contributed by atoms with Crippen LogP contribution >= 0.6 is 23.2 Å². The molecule has 2 unspecified atom stereocenters. The van der Waals surface area contributed by atoms with Crippen LogP contribution in [0.25, 0.3) is 0 Å². The second-order valence-corrected chi connectivity index (χ2v) is 6.37. The molecule has 1 fully saturated rings. The standard InChI is InChI=1S/C14H19Cl2N3O/c1-8-5-19(6-9(8)2)7-13(20)18-14-11(15)3-10(17)4-12(14)16/h3-4,8-9H,5-7,17H2,1-2H3,(H,18,20). The van der Waals surface area contributed by atoms with Crippen LogP contribution in [0.5, 0.6) is 0 Å². The van der Waals surface area contributed by atoms with Gasteiger partial charge in [0.1, 0.15) is 0 Å². The minimum absolute atomic E-state index is 0.111. The predicted molar refractivity (Wildman–Crippen MR) is 84.3 cm³/mol. The lowest BCUT2D eigenvalue weighted by Gasteiger charge is -2.16. The van der Waals surface area contributed by atoms with Crippen molar-refractivity contribution < 1.29 is 4.79 Å². The summed E-state index contributed by atoms with van der Waals surface area (Å²) in [4.78, 5) is 14.2. The molecular weight excluding hydrogens is 297 g/mol. The van der Waals surface area contributed by atoms with Crippen molar-refractivity contribution in [2.24, 2.45) is 11.8 Å². The lowest BCUT2D eigenvalue weighted by molar-refractivity contribution is -0.117. The molecule has 0 spiro atoms. The van der Waals surface area contributed by atoms with E-state index in [4.69, 9.17) is 28.9 Å². The van der Waals surface area contributed by atoms with E-state index in [1.54, 1.807) is 12.1 Å². The highest BCUT2D eigenvalue weighted by Gasteiger charge is 2.27. The van der Waals surface area contributed by atoms with Gasteiger partial charge >= 0.3 is 0 Å². The Morgan fingerprint density at radius 3 is 2.30 bits per heavy atom. The minimum Gasteiger partial charge on any atom is -0.399 e. The van der Waals surface area contributed by atoms with Crippen molar-refractivity contribution in [3.8, 4) is 0 Å². The van der Waals surface area contributed by atoms with Gasteiger partial charge in [0.25, 0.3) is 0 Å². The van der Waals surface area contributed by atoms with Crippen molar-refractivity contribution in [3.63, 3.8) is 0 Å². The van der Waals surface area contributed by atoms with E-state index in [1.807, 2.05) is 0 Å². The lowest BCUT2D eigenvalue weighted by atomic mass is 10.0. The largest absolute Gasteiger partial charge is 0.399 e. The number of benzene rings is 1. The van der Waals surface area contributed by atoms with E-state index < -0.39 is 0 Å². The number of hydrogen-bond donors (Lipinski definition) is 2. The van der Waals surface area contributed by atoms with Crippen molar-refractivity contribution in [3.05, 3.63) is 22.2 Å². The molecule has 1 aliphatic rings. The first kappa shape index (κ1) is 15.4. The van der Waals surface area contributed by atoms with Crippen molar-refractivity contribution in [1.29, 1.82) is 0 Å². The number of nitrogens with zero attached hydrogens (tertiary/aromatic N) is 1. The Bertz CT molecular complexity index is 488. The predicted octanol–water partition coefficient (Wildman–Crippen LogP) is 3.10. The fourth-order valence-corrected chi connectivity index (χ4v) is 3.07. The maximum absolute atomic E-state index is 12.1. The zero-order valence-corrected chi connectivity index (χ0v) is 13.1. The summed E-state index contributed by atoms with van der Waals surface area (Å²) in [5, 5.41) is 3.47. The van der Waals surface area contributed by atoms with Crippen LogP contribution < -0.4 is 11.1 Å². The van der Waals surface area contributed by atoms with Crippen LogP contribution in [-0.2, 0) is 4.79 Å². The summed E-state index contributed by atoms with van der Waals surface area (Å²) < 4.78 is 0. The molecular formula is C14H19Cl2N3O. The van der Waals surface area contributed by atoms with Crippen molar-refractivity contribution in [2.45, 2.75) is 13.8 Å². The first-order chi connectivity index (χ1) is 9.36. The molecule has 1 heterocycles. The van der Waals surface area contributed by atoms with E-state index in [2.05, 4.69) is 24.1 Å². The number of likely N-dealkylation sites (tertiary alicyclic amines) is 1. The Morgan fingerprint density at radius 1 is 1.30 bits per heavy atom. The summed E-state index contributed by atoms with van der Waals surface area (Å²) in [6.07, 6.45) is 0. The second-order valence-electron chi connectivity index (χ2n) is 5.56. The first-order valence-electron chi connectivity index (χ1n) is 6.63. The van der Waals surface area contributed by atoms with Crippen molar-refractivity contribution in [1.82, 2.24) is 4.90 Å². The fraction of sp³-hybridized carbons (Fsp3) is 0.500. The van der Waals surface area contributed by atoms with Gasteiger partial charge in [0.15, 0.2) is 0 Å². The molecule has 0 aliphatic carbocycles. The monoisotopic (exact) mass is 315 g/mol. The van der Waals surface area contributed by atoms with E-state index in [1.165, 1.54) is 0 Å². The molecule has 1 amide bonds. The van der Waals surface area contributed by atoms with Crippen LogP contribution in [0.1, 0.15) is 13.8 Å². The van der Waals surface area contributed by atoms with Crippen molar-refractivity contribution >= 4 is 40.5 Å².